The lowest BCUT2D eigenvalue weighted by Gasteiger charge is -1.98. The molecule has 0 atom stereocenters. The monoisotopic (exact) mass is 245 g/mol. The summed E-state index contributed by atoms with van der Waals surface area (Å²) in [4.78, 5) is 10.8. The van der Waals surface area contributed by atoms with Crippen molar-refractivity contribution in [2.75, 3.05) is 5.73 Å². The van der Waals surface area contributed by atoms with Gasteiger partial charge in [-0.3, -0.25) is 0 Å². The van der Waals surface area contributed by atoms with E-state index in [1.165, 1.54) is 12.1 Å². The van der Waals surface area contributed by atoms with E-state index in [0.717, 1.165) is 0 Å². The maximum absolute atomic E-state index is 10.8. The van der Waals surface area contributed by atoms with Crippen LogP contribution in [0.25, 0.3) is 10.9 Å². The van der Waals surface area contributed by atoms with Crippen LogP contribution in [0.4, 0.5) is 10.6 Å². The van der Waals surface area contributed by atoms with E-state index in [9.17, 15) is 4.79 Å². The van der Waals surface area contributed by atoms with Crippen LogP contribution in [0.2, 0.25) is 10.0 Å². The van der Waals surface area contributed by atoms with Crippen LogP contribution >= 0.6 is 23.2 Å². The fraction of sp³-hybridized carbons (Fsp3) is 0. The zero-order chi connectivity index (χ0) is 11.2. The molecule has 0 aliphatic carbocycles. The van der Waals surface area contributed by atoms with Crippen molar-refractivity contribution >= 4 is 46.0 Å². The Labute approximate surface area is 94.0 Å². The number of nitrogens with two attached hydrogens (primary N) is 1. The van der Waals surface area contributed by atoms with E-state index in [1.807, 2.05) is 0 Å². The quantitative estimate of drug-likeness (QED) is 0.747. The molecule has 0 spiro atoms. The third-order valence-electron chi connectivity index (χ3n) is 1.93. The van der Waals surface area contributed by atoms with Crippen molar-refractivity contribution in [1.29, 1.82) is 0 Å². The van der Waals surface area contributed by atoms with Crippen LogP contribution in [0.3, 0.4) is 0 Å². The molecule has 1 heterocycles. The summed E-state index contributed by atoms with van der Waals surface area (Å²) < 4.78 is 0.707. The van der Waals surface area contributed by atoms with Crippen LogP contribution in [-0.2, 0) is 0 Å². The molecule has 1 aromatic carbocycles. The Morgan fingerprint density at radius 1 is 1.40 bits per heavy atom. The number of fused-ring (bicyclic) bond motifs is 1. The Morgan fingerprint density at radius 2 is 2.00 bits per heavy atom. The molecule has 3 N–H and O–H groups in total. The van der Waals surface area contributed by atoms with Gasteiger partial charge in [-0.25, -0.2) is 4.79 Å². The highest BCUT2D eigenvalue weighted by atomic mass is 35.5. The minimum atomic E-state index is -1.26. The van der Waals surface area contributed by atoms with E-state index in [1.54, 1.807) is 0 Å². The second-order valence-electron chi connectivity index (χ2n) is 2.83. The molecule has 5 nitrogen and oxygen atoms in total. The maximum atomic E-state index is 10.8. The number of aromatic nitrogens is 2. The summed E-state index contributed by atoms with van der Waals surface area (Å²) in [6.07, 6.45) is -1.26. The first-order chi connectivity index (χ1) is 7.02. The van der Waals surface area contributed by atoms with E-state index in [2.05, 4.69) is 5.10 Å². The lowest BCUT2D eigenvalue weighted by atomic mass is 10.2. The Bertz CT molecular complexity index is 565. The van der Waals surface area contributed by atoms with E-state index < -0.39 is 6.09 Å². The fourth-order valence-corrected chi connectivity index (χ4v) is 1.82. The van der Waals surface area contributed by atoms with E-state index in [4.69, 9.17) is 34.0 Å². The van der Waals surface area contributed by atoms with Gasteiger partial charge >= 0.3 is 6.09 Å². The Morgan fingerprint density at radius 3 is 2.60 bits per heavy atom. The predicted molar refractivity (Wildman–Crippen MR) is 57.6 cm³/mol. The molecule has 2 rings (SSSR count). The van der Waals surface area contributed by atoms with E-state index in [-0.39, 0.29) is 16.4 Å². The molecule has 0 amide bonds. The van der Waals surface area contributed by atoms with Crippen molar-refractivity contribution in [3.8, 4) is 0 Å². The topological polar surface area (TPSA) is 81.1 Å². The third-order valence-corrected chi connectivity index (χ3v) is 2.55. The number of hydrogen-bond donors (Lipinski definition) is 2. The first-order valence-corrected chi connectivity index (χ1v) is 4.63. The summed E-state index contributed by atoms with van der Waals surface area (Å²) in [7, 11) is 0. The average molecular weight is 246 g/mol. The molecular weight excluding hydrogens is 241 g/mol. The zero-order valence-electron chi connectivity index (χ0n) is 7.24. The Hall–Kier alpha value is -1.46. The molecule has 78 valence electrons. The molecular formula is C8H5Cl2N3O2. The number of carbonyl (C=O) groups is 1. The molecule has 0 radical (unpaired) electrons. The summed E-state index contributed by atoms with van der Waals surface area (Å²) in [5, 5.41) is 13.4. The van der Waals surface area contributed by atoms with Gasteiger partial charge in [0.25, 0.3) is 0 Å². The smallest absolute Gasteiger partial charge is 0.432 e. The van der Waals surface area contributed by atoms with Gasteiger partial charge < -0.3 is 10.8 Å². The van der Waals surface area contributed by atoms with Gasteiger partial charge in [0, 0.05) is 0 Å². The zero-order valence-corrected chi connectivity index (χ0v) is 8.75. The second kappa shape index (κ2) is 3.29. The summed E-state index contributed by atoms with van der Waals surface area (Å²) in [6, 6.07) is 3.03. The van der Waals surface area contributed by atoms with Crippen molar-refractivity contribution in [1.82, 2.24) is 9.78 Å². The van der Waals surface area contributed by atoms with Crippen LogP contribution in [0, 0.1) is 0 Å². The van der Waals surface area contributed by atoms with Crippen molar-refractivity contribution < 1.29 is 9.90 Å². The highest BCUT2D eigenvalue weighted by Gasteiger charge is 2.17. The number of hydrogen-bond acceptors (Lipinski definition) is 3. The number of nitrogens with zero attached hydrogens (tertiary/aromatic N) is 2. The summed E-state index contributed by atoms with van der Waals surface area (Å²) in [5.74, 6) is 0.0416. The van der Waals surface area contributed by atoms with Gasteiger partial charge in [0.15, 0.2) is 5.82 Å². The first-order valence-electron chi connectivity index (χ1n) is 3.88. The van der Waals surface area contributed by atoms with Crippen molar-refractivity contribution in [3.05, 3.63) is 22.2 Å². The standard InChI is InChI=1S/C8H5Cl2N3O2/c9-3-1-2-4(10)6-5(3)7(11)12-13(6)8(14)15/h1-2H,(H2,11,12)(H,14,15). The molecule has 7 heteroatoms. The lowest BCUT2D eigenvalue weighted by molar-refractivity contribution is 0.194. The van der Waals surface area contributed by atoms with Crippen LogP contribution in [0.5, 0.6) is 0 Å². The van der Waals surface area contributed by atoms with Gasteiger partial charge in [0.05, 0.1) is 15.4 Å². The number of halogens is 2. The summed E-state index contributed by atoms with van der Waals surface area (Å²) in [6.45, 7) is 0. The molecule has 0 unspecified atom stereocenters. The molecule has 0 aliphatic rings. The minimum absolute atomic E-state index is 0.0416. The van der Waals surface area contributed by atoms with Crippen LogP contribution in [-0.4, -0.2) is 21.0 Å². The number of carboxylic acid groups (broad SMARTS) is 1. The third kappa shape index (κ3) is 1.40. The average Bonchev–Trinajstić information content (AvgIpc) is 2.51. The van der Waals surface area contributed by atoms with Crippen LogP contribution in [0.15, 0.2) is 12.1 Å². The number of nitrogen functional groups attached to an aromatic ring is 1. The Kier molecular flexibility index (Phi) is 2.21. The van der Waals surface area contributed by atoms with Gasteiger partial charge in [-0.1, -0.05) is 23.2 Å². The molecule has 0 bridgehead atoms. The molecule has 0 saturated heterocycles. The molecule has 0 aliphatic heterocycles. The largest absolute Gasteiger partial charge is 0.463 e. The fourth-order valence-electron chi connectivity index (χ4n) is 1.34. The van der Waals surface area contributed by atoms with Crippen LogP contribution in [0.1, 0.15) is 0 Å². The minimum Gasteiger partial charge on any atom is -0.463 e. The number of benzene rings is 1. The van der Waals surface area contributed by atoms with Crippen molar-refractivity contribution in [3.63, 3.8) is 0 Å². The predicted octanol–water partition coefficient (Wildman–Crippen LogP) is 2.45. The van der Waals surface area contributed by atoms with Crippen molar-refractivity contribution in [2.45, 2.75) is 0 Å². The molecule has 0 fully saturated rings. The molecule has 1 aromatic heterocycles. The number of anilines is 1. The van der Waals surface area contributed by atoms with Gasteiger partial charge in [-0.05, 0) is 12.1 Å². The normalized spacial score (nSPS) is 10.8. The van der Waals surface area contributed by atoms with Crippen molar-refractivity contribution in [2.24, 2.45) is 0 Å². The van der Waals surface area contributed by atoms with Crippen LogP contribution < -0.4 is 5.73 Å². The van der Waals surface area contributed by atoms with Gasteiger partial charge in [0.2, 0.25) is 0 Å². The van der Waals surface area contributed by atoms with E-state index >= 15 is 0 Å². The second-order valence-corrected chi connectivity index (χ2v) is 3.65. The van der Waals surface area contributed by atoms with Gasteiger partial charge in [0.1, 0.15) is 5.52 Å². The highest BCUT2D eigenvalue weighted by Crippen LogP contribution is 2.33. The van der Waals surface area contributed by atoms with Gasteiger partial charge in [-0.2, -0.15) is 4.68 Å². The number of rotatable bonds is 0. The molecule has 15 heavy (non-hydrogen) atoms. The molecule has 2 aromatic rings. The highest BCUT2D eigenvalue weighted by molar-refractivity contribution is 6.41. The first kappa shape index (κ1) is 10.1. The SMILES string of the molecule is Nc1nn(C(=O)O)c2c(Cl)ccc(Cl)c12. The maximum Gasteiger partial charge on any atom is 0.432 e. The Balaban J connectivity index is 2.98. The molecule has 0 saturated carbocycles. The van der Waals surface area contributed by atoms with Gasteiger partial charge in [-0.15, -0.1) is 5.10 Å². The lowest BCUT2D eigenvalue weighted by Crippen LogP contribution is -2.09. The van der Waals surface area contributed by atoms with E-state index in [0.29, 0.717) is 15.1 Å². The summed E-state index contributed by atoms with van der Waals surface area (Å²) in [5.41, 5.74) is 5.75. The summed E-state index contributed by atoms with van der Waals surface area (Å²) >= 11 is 11.7.